The molecule has 0 fully saturated rings. The van der Waals surface area contributed by atoms with Crippen molar-refractivity contribution in [2.75, 3.05) is 0 Å². The van der Waals surface area contributed by atoms with Crippen LogP contribution in [0.2, 0.25) is 0 Å². The summed E-state index contributed by atoms with van der Waals surface area (Å²) in [6.07, 6.45) is 9.61. The minimum Gasteiger partial charge on any atom is -1.00 e. The summed E-state index contributed by atoms with van der Waals surface area (Å²) in [5.41, 5.74) is 3.16. The van der Waals surface area contributed by atoms with Crippen molar-refractivity contribution in [2.45, 2.75) is 46.0 Å². The Labute approximate surface area is 197 Å². The summed E-state index contributed by atoms with van der Waals surface area (Å²) >= 11 is 0. The molecule has 0 saturated heterocycles. The summed E-state index contributed by atoms with van der Waals surface area (Å²) in [5, 5.41) is 4.77. The number of hydrogen-bond acceptors (Lipinski definition) is 0. The summed E-state index contributed by atoms with van der Waals surface area (Å²) in [6.45, 7) is 4.58. The van der Waals surface area contributed by atoms with Crippen molar-refractivity contribution in [3.63, 3.8) is 0 Å². The third-order valence-corrected chi connectivity index (χ3v) is 8.21. The standard InChI is InChI=1S/C23H27Si.2ClH.Hf/c1-3-11-19-17-18-23(22(19)12-4-2)24(20-13-7-5-8-14-20)21-15-9-6-10-16-21;;;/h5-10,13-16,24H,3-4,11-12,18H2,1-2H3;2*1H;/q-1;;;/p-2. The van der Waals surface area contributed by atoms with Crippen molar-refractivity contribution in [3.05, 3.63) is 83.1 Å². The Morgan fingerprint density at radius 2 is 1.26 bits per heavy atom. The van der Waals surface area contributed by atoms with E-state index in [0.29, 0.717) is 0 Å². The number of benzene rings is 2. The molecular formula is C23H27Cl2HfSi-3. The van der Waals surface area contributed by atoms with Crippen LogP contribution in [0.4, 0.5) is 0 Å². The van der Waals surface area contributed by atoms with E-state index in [-0.39, 0.29) is 50.7 Å². The second-order valence-electron chi connectivity index (χ2n) is 6.59. The molecule has 0 N–H and O–H groups in total. The van der Waals surface area contributed by atoms with E-state index in [1.54, 1.807) is 10.8 Å². The van der Waals surface area contributed by atoms with Crippen LogP contribution in [-0.4, -0.2) is 8.80 Å². The molecule has 0 atom stereocenters. The Hall–Kier alpha value is -0.413. The van der Waals surface area contributed by atoms with Gasteiger partial charge in [-0.1, -0.05) is 111 Å². The number of halogens is 2. The molecule has 0 saturated carbocycles. The monoisotopic (exact) mass is 581 g/mol. The molecule has 0 unspecified atom stereocenters. The van der Waals surface area contributed by atoms with E-state index in [2.05, 4.69) is 80.6 Å². The van der Waals surface area contributed by atoms with Crippen LogP contribution in [0.15, 0.2) is 77.0 Å². The first-order chi connectivity index (χ1) is 11.8. The fourth-order valence-electron chi connectivity index (χ4n) is 3.82. The SMILES string of the molecule is CCCC1=[C-]CC([SiH](c2ccccc2)c2ccccc2)=C1CCC.[Cl-].[Cl-].[Hf]. The van der Waals surface area contributed by atoms with Gasteiger partial charge in [-0.2, -0.15) is 10.8 Å². The molecule has 27 heavy (non-hydrogen) atoms. The first-order valence-corrected chi connectivity index (χ1v) is 11.0. The average Bonchev–Trinajstić information content (AvgIpc) is 3.01. The minimum absolute atomic E-state index is 0. The van der Waals surface area contributed by atoms with Gasteiger partial charge in [0.05, 0.1) is 0 Å². The Morgan fingerprint density at radius 1 is 0.778 bits per heavy atom. The first kappa shape index (κ1) is 26.6. The van der Waals surface area contributed by atoms with Crippen LogP contribution >= 0.6 is 0 Å². The number of rotatable bonds is 7. The maximum atomic E-state index is 3.74. The molecule has 2 aromatic carbocycles. The summed E-state index contributed by atoms with van der Waals surface area (Å²) in [4.78, 5) is 0. The van der Waals surface area contributed by atoms with E-state index < -0.39 is 8.80 Å². The van der Waals surface area contributed by atoms with E-state index in [4.69, 9.17) is 0 Å². The van der Waals surface area contributed by atoms with Gasteiger partial charge in [0.2, 0.25) is 0 Å². The largest absolute Gasteiger partial charge is 1.00 e. The maximum absolute atomic E-state index is 3.74. The molecule has 4 heteroatoms. The normalized spacial score (nSPS) is 12.8. The van der Waals surface area contributed by atoms with E-state index in [9.17, 15) is 0 Å². The summed E-state index contributed by atoms with van der Waals surface area (Å²) < 4.78 is 0. The Bertz CT molecular complexity index is 687. The zero-order valence-corrected chi connectivity index (χ0v) is 22.4. The molecule has 0 radical (unpaired) electrons. The van der Waals surface area contributed by atoms with E-state index >= 15 is 0 Å². The Balaban J connectivity index is 0.00000225. The molecule has 144 valence electrons. The third kappa shape index (κ3) is 6.56. The zero-order valence-electron chi connectivity index (χ0n) is 16.1. The molecule has 0 spiro atoms. The van der Waals surface area contributed by atoms with Crippen LogP contribution in [0.1, 0.15) is 46.0 Å². The summed E-state index contributed by atoms with van der Waals surface area (Å²) in [7, 11) is -1.36. The van der Waals surface area contributed by atoms with Gasteiger partial charge in [0.1, 0.15) is 8.80 Å². The van der Waals surface area contributed by atoms with Crippen LogP contribution in [0.25, 0.3) is 0 Å². The average molecular weight is 581 g/mol. The van der Waals surface area contributed by atoms with Crippen molar-refractivity contribution in [2.24, 2.45) is 0 Å². The van der Waals surface area contributed by atoms with Crippen molar-refractivity contribution in [3.8, 4) is 0 Å². The Kier molecular flexibility index (Phi) is 13.5. The fourth-order valence-corrected chi connectivity index (χ4v) is 7.20. The molecule has 1 aliphatic carbocycles. The minimum atomic E-state index is -1.36. The molecule has 0 aromatic heterocycles. The van der Waals surface area contributed by atoms with Crippen LogP contribution in [0, 0.1) is 6.08 Å². The van der Waals surface area contributed by atoms with Gasteiger partial charge in [-0.25, -0.2) is 5.57 Å². The topological polar surface area (TPSA) is 0 Å². The van der Waals surface area contributed by atoms with Gasteiger partial charge in [-0.15, -0.1) is 6.42 Å². The third-order valence-electron chi connectivity index (χ3n) is 4.86. The van der Waals surface area contributed by atoms with Crippen LogP contribution in [0.5, 0.6) is 0 Å². The van der Waals surface area contributed by atoms with Crippen molar-refractivity contribution < 1.29 is 50.7 Å². The quantitative estimate of drug-likeness (QED) is 0.279. The molecule has 1 aliphatic rings. The fraction of sp³-hybridized carbons (Fsp3) is 0.304. The summed E-state index contributed by atoms with van der Waals surface area (Å²) in [5.74, 6) is 0. The van der Waals surface area contributed by atoms with E-state index in [0.717, 1.165) is 6.42 Å². The van der Waals surface area contributed by atoms with E-state index in [1.165, 1.54) is 41.6 Å². The smallest absolute Gasteiger partial charge is 0.110 e. The van der Waals surface area contributed by atoms with Gasteiger partial charge >= 0.3 is 0 Å². The summed E-state index contributed by atoms with van der Waals surface area (Å²) in [6, 6.07) is 22.3. The van der Waals surface area contributed by atoms with Crippen LogP contribution in [0.3, 0.4) is 0 Å². The molecule has 0 nitrogen and oxygen atoms in total. The second-order valence-corrected chi connectivity index (χ2v) is 9.49. The van der Waals surface area contributed by atoms with E-state index in [1.807, 2.05) is 0 Å². The van der Waals surface area contributed by atoms with Crippen LogP contribution < -0.4 is 35.2 Å². The molecule has 3 rings (SSSR count). The van der Waals surface area contributed by atoms with Crippen LogP contribution in [-0.2, 0) is 25.8 Å². The first-order valence-electron chi connectivity index (χ1n) is 9.27. The van der Waals surface area contributed by atoms with Crippen molar-refractivity contribution in [1.82, 2.24) is 0 Å². The number of hydrogen-bond donors (Lipinski definition) is 0. The zero-order chi connectivity index (χ0) is 16.8. The van der Waals surface area contributed by atoms with Gasteiger partial charge in [0.15, 0.2) is 0 Å². The molecule has 0 aliphatic heterocycles. The predicted molar refractivity (Wildman–Crippen MR) is 108 cm³/mol. The van der Waals surface area contributed by atoms with Crippen molar-refractivity contribution in [1.29, 1.82) is 0 Å². The Morgan fingerprint density at radius 3 is 1.70 bits per heavy atom. The van der Waals surface area contributed by atoms with Gasteiger partial charge in [-0.05, 0) is 0 Å². The molecular weight excluding hydrogens is 554 g/mol. The maximum Gasteiger partial charge on any atom is 0.110 e. The van der Waals surface area contributed by atoms with Crippen molar-refractivity contribution >= 4 is 19.2 Å². The second kappa shape index (κ2) is 13.7. The molecule has 0 heterocycles. The molecule has 0 bridgehead atoms. The predicted octanol–water partition coefficient (Wildman–Crippen LogP) is -1.40. The number of allylic oxidation sites excluding steroid dienone is 4. The van der Waals surface area contributed by atoms with Gasteiger partial charge in [0.25, 0.3) is 0 Å². The van der Waals surface area contributed by atoms with Gasteiger partial charge in [-0.3, -0.25) is 6.08 Å². The van der Waals surface area contributed by atoms with Gasteiger partial charge in [0, 0.05) is 25.8 Å². The molecule has 2 aromatic rings. The molecule has 0 amide bonds. The van der Waals surface area contributed by atoms with Gasteiger partial charge < -0.3 is 24.8 Å².